The first kappa shape index (κ1) is 28.6. The Morgan fingerprint density at radius 3 is 1.82 bits per heavy atom. The van der Waals surface area contributed by atoms with E-state index in [0.29, 0.717) is 17.5 Å². The number of thiophene rings is 2. The number of aromatic nitrogens is 4. The maximum Gasteiger partial charge on any atom is 0.165 e. The summed E-state index contributed by atoms with van der Waals surface area (Å²) < 4.78 is 7.30. The molecule has 238 valence electrons. The molecule has 6 heteroatoms. The summed E-state index contributed by atoms with van der Waals surface area (Å²) in [7, 11) is 0. The summed E-state index contributed by atoms with van der Waals surface area (Å²) in [6.07, 6.45) is 0. The van der Waals surface area contributed by atoms with E-state index in [-0.39, 0.29) is 0 Å². The highest BCUT2D eigenvalue weighted by molar-refractivity contribution is 7.26. The van der Waals surface area contributed by atoms with Crippen LogP contribution in [0.2, 0.25) is 0 Å². The second-order valence-electron chi connectivity index (χ2n) is 12.8. The molecule has 0 N–H and O–H groups in total. The number of hydrogen-bond donors (Lipinski definition) is 0. The minimum Gasteiger partial charge on any atom is -0.309 e. The Hall–Kier alpha value is -6.21. The highest BCUT2D eigenvalue weighted by Crippen LogP contribution is 2.42. The molecule has 0 aliphatic carbocycles. The maximum absolute atomic E-state index is 5.34. The molecule has 0 aliphatic heterocycles. The van der Waals surface area contributed by atoms with Crippen LogP contribution in [0.5, 0.6) is 0 Å². The molecule has 0 bridgehead atoms. The molecule has 7 aromatic carbocycles. The molecule has 4 heterocycles. The molecule has 4 nitrogen and oxygen atoms in total. The van der Waals surface area contributed by atoms with Crippen LogP contribution in [0, 0.1) is 0 Å². The molecule has 0 fully saturated rings. The molecular weight excluding hydrogens is 661 g/mol. The fraction of sp³-hybridized carbons (Fsp3) is 0. The van der Waals surface area contributed by atoms with Crippen LogP contribution in [-0.4, -0.2) is 19.5 Å². The van der Waals surface area contributed by atoms with Gasteiger partial charge in [0.15, 0.2) is 17.5 Å². The Kier molecular flexibility index (Phi) is 6.26. The van der Waals surface area contributed by atoms with Crippen molar-refractivity contribution in [2.75, 3.05) is 0 Å². The van der Waals surface area contributed by atoms with Gasteiger partial charge in [0.2, 0.25) is 0 Å². The molecule has 0 radical (unpaired) electrons. The van der Waals surface area contributed by atoms with Gasteiger partial charge in [0.05, 0.1) is 11.0 Å². The normalized spacial score (nSPS) is 11.9. The van der Waals surface area contributed by atoms with Crippen molar-refractivity contribution in [1.82, 2.24) is 19.5 Å². The van der Waals surface area contributed by atoms with Crippen molar-refractivity contribution in [3.05, 3.63) is 158 Å². The van der Waals surface area contributed by atoms with Crippen molar-refractivity contribution < 1.29 is 0 Å². The molecule has 0 atom stereocenters. The van der Waals surface area contributed by atoms with Crippen molar-refractivity contribution in [3.8, 4) is 39.9 Å². The van der Waals surface area contributed by atoms with Gasteiger partial charge in [-0.1, -0.05) is 97.1 Å². The van der Waals surface area contributed by atoms with E-state index < -0.39 is 0 Å². The van der Waals surface area contributed by atoms with Crippen LogP contribution in [0.4, 0.5) is 0 Å². The highest BCUT2D eigenvalue weighted by atomic mass is 32.1. The molecule has 0 spiro atoms. The van der Waals surface area contributed by atoms with Crippen molar-refractivity contribution in [2.24, 2.45) is 0 Å². The zero-order valence-corrected chi connectivity index (χ0v) is 28.7. The fourth-order valence-corrected chi connectivity index (χ4v) is 9.89. The predicted molar refractivity (Wildman–Crippen MR) is 216 cm³/mol. The first-order chi connectivity index (χ1) is 25.3. The molecule has 0 aliphatic rings. The third-order valence-corrected chi connectivity index (χ3v) is 12.2. The lowest BCUT2D eigenvalue weighted by atomic mass is 10.0. The highest BCUT2D eigenvalue weighted by Gasteiger charge is 2.21. The average molecular weight is 687 g/mol. The number of hydrogen-bond acceptors (Lipinski definition) is 5. The van der Waals surface area contributed by atoms with E-state index in [9.17, 15) is 0 Å². The van der Waals surface area contributed by atoms with E-state index in [1.54, 1.807) is 11.3 Å². The Labute approximate surface area is 300 Å². The second-order valence-corrected chi connectivity index (χ2v) is 14.9. The number of nitrogens with zero attached hydrogens (tertiary/aromatic N) is 4. The van der Waals surface area contributed by atoms with Gasteiger partial charge in [-0.15, -0.1) is 22.7 Å². The average Bonchev–Trinajstić information content (AvgIpc) is 3.87. The molecule has 0 unspecified atom stereocenters. The number of fused-ring (bicyclic) bond motifs is 9. The van der Waals surface area contributed by atoms with Crippen LogP contribution in [0.15, 0.2) is 158 Å². The SMILES string of the molecule is c1ccc(-n2c3ccccc3c3c(-c4nc(-c5ccc6sc7ccccc7c6c5)nc(-c5cccc6c5sc5ccccc56)n4)cccc32)cc1. The van der Waals surface area contributed by atoms with Crippen LogP contribution < -0.4 is 0 Å². The zero-order valence-electron chi connectivity index (χ0n) is 27.1. The van der Waals surface area contributed by atoms with Crippen molar-refractivity contribution in [3.63, 3.8) is 0 Å². The van der Waals surface area contributed by atoms with Crippen LogP contribution in [0.1, 0.15) is 0 Å². The van der Waals surface area contributed by atoms with Gasteiger partial charge < -0.3 is 4.57 Å². The Balaban J connectivity index is 1.21. The second kappa shape index (κ2) is 11.2. The lowest BCUT2D eigenvalue weighted by Gasteiger charge is -2.11. The monoisotopic (exact) mass is 686 g/mol. The van der Waals surface area contributed by atoms with Crippen molar-refractivity contribution in [1.29, 1.82) is 0 Å². The van der Waals surface area contributed by atoms with Gasteiger partial charge in [-0.05, 0) is 60.7 Å². The van der Waals surface area contributed by atoms with Crippen molar-refractivity contribution >= 4 is 84.8 Å². The van der Waals surface area contributed by atoms with Gasteiger partial charge in [-0.2, -0.15) is 0 Å². The van der Waals surface area contributed by atoms with Crippen LogP contribution in [-0.2, 0) is 0 Å². The third kappa shape index (κ3) is 4.40. The fourth-order valence-electron chi connectivity index (χ4n) is 7.60. The zero-order chi connectivity index (χ0) is 33.5. The topological polar surface area (TPSA) is 43.6 Å². The van der Waals surface area contributed by atoms with E-state index in [1.807, 2.05) is 11.3 Å². The summed E-state index contributed by atoms with van der Waals surface area (Å²) >= 11 is 3.61. The van der Waals surface area contributed by atoms with Gasteiger partial charge in [0.25, 0.3) is 0 Å². The third-order valence-electron chi connectivity index (χ3n) is 9.87. The van der Waals surface area contributed by atoms with Gasteiger partial charge in [-0.25, -0.2) is 15.0 Å². The minimum atomic E-state index is 0.657. The standard InChI is InChI=1S/C45H26N4S2/c1-2-12-28(13-3-1)49-36-20-7-4-16-32(36)41-33(18-11-21-37(41)49)44-46-43(27-24-25-40-35(26-27)30-15-6-8-22-38(30)50-40)47-45(48-44)34-19-10-17-31-29-14-5-9-23-39(29)51-42(31)34/h1-26H. The van der Waals surface area contributed by atoms with E-state index in [1.165, 1.54) is 40.3 Å². The summed E-state index contributed by atoms with van der Waals surface area (Å²) in [5, 5.41) is 7.23. The molecule has 4 aromatic heterocycles. The van der Waals surface area contributed by atoms with Gasteiger partial charge in [0.1, 0.15) is 0 Å². The van der Waals surface area contributed by atoms with Crippen molar-refractivity contribution in [2.45, 2.75) is 0 Å². The summed E-state index contributed by atoms with van der Waals surface area (Å²) in [6.45, 7) is 0. The molecule has 11 aromatic rings. The smallest absolute Gasteiger partial charge is 0.165 e. The Morgan fingerprint density at radius 1 is 0.392 bits per heavy atom. The number of rotatable bonds is 4. The van der Waals surface area contributed by atoms with Gasteiger partial charge >= 0.3 is 0 Å². The number of benzene rings is 7. The molecule has 0 saturated carbocycles. The summed E-state index contributed by atoms with van der Waals surface area (Å²) in [5.74, 6) is 1.99. The molecule has 0 amide bonds. The summed E-state index contributed by atoms with van der Waals surface area (Å²) in [5.41, 5.74) is 6.34. The van der Waals surface area contributed by atoms with Crippen LogP contribution in [0.25, 0.3) is 102 Å². The van der Waals surface area contributed by atoms with Gasteiger partial charge in [0, 0.05) is 73.5 Å². The molecular formula is C45H26N4S2. The van der Waals surface area contributed by atoms with E-state index in [0.717, 1.165) is 44.2 Å². The lowest BCUT2D eigenvalue weighted by Crippen LogP contribution is -2.00. The van der Waals surface area contributed by atoms with Gasteiger partial charge in [-0.3, -0.25) is 0 Å². The first-order valence-corrected chi connectivity index (χ1v) is 18.6. The van der Waals surface area contributed by atoms with E-state index >= 15 is 0 Å². The summed E-state index contributed by atoms with van der Waals surface area (Å²) in [6, 6.07) is 56.0. The minimum absolute atomic E-state index is 0.657. The first-order valence-electron chi connectivity index (χ1n) is 16.9. The van der Waals surface area contributed by atoms with Crippen LogP contribution >= 0.6 is 22.7 Å². The number of para-hydroxylation sites is 2. The lowest BCUT2D eigenvalue weighted by molar-refractivity contribution is 1.08. The van der Waals surface area contributed by atoms with E-state index in [2.05, 4.69) is 162 Å². The van der Waals surface area contributed by atoms with E-state index in [4.69, 9.17) is 15.0 Å². The van der Waals surface area contributed by atoms with Crippen LogP contribution in [0.3, 0.4) is 0 Å². The molecule has 11 rings (SSSR count). The predicted octanol–water partition coefficient (Wildman–Crippen LogP) is 12.7. The Morgan fingerprint density at radius 2 is 0.980 bits per heavy atom. The maximum atomic E-state index is 5.34. The quantitative estimate of drug-likeness (QED) is 0.185. The Bertz CT molecular complexity index is 3150. The largest absolute Gasteiger partial charge is 0.309 e. The molecule has 51 heavy (non-hydrogen) atoms. The molecule has 0 saturated heterocycles. The summed E-state index contributed by atoms with van der Waals surface area (Å²) in [4.78, 5) is 15.9.